The molecule has 0 saturated heterocycles. The molecule has 0 saturated carbocycles. The highest BCUT2D eigenvalue weighted by Gasteiger charge is 2.19. The molecule has 0 rings (SSSR count). The van der Waals surface area contributed by atoms with Gasteiger partial charge in [-0.2, -0.15) is 0 Å². The highest BCUT2D eigenvalue weighted by Crippen LogP contribution is 2.18. The number of allylic oxidation sites excluding steroid dienone is 4. The first-order valence-corrected chi connectivity index (χ1v) is 32.3. The predicted octanol–water partition coefficient (Wildman–Crippen LogP) is 21.8. The van der Waals surface area contributed by atoms with E-state index in [9.17, 15) is 14.4 Å². The van der Waals surface area contributed by atoms with E-state index < -0.39 is 6.10 Å². The van der Waals surface area contributed by atoms with Gasteiger partial charge in [-0.3, -0.25) is 14.4 Å². The first-order chi connectivity index (χ1) is 35.5. The Balaban J connectivity index is 4.23. The van der Waals surface area contributed by atoms with Gasteiger partial charge in [0.15, 0.2) is 6.10 Å². The number of carbonyl (C=O) groups is 3. The SMILES string of the molecule is CCCCCCC/C=C\CCCCCCCC(=O)OCC(COC(=O)CCCCCCCCCCCCCCC/C=C\CCCCCCCCCC)OC(=O)CCCCCCCCCCCCCCCCC. The largest absolute Gasteiger partial charge is 0.462 e. The van der Waals surface area contributed by atoms with Gasteiger partial charge >= 0.3 is 17.9 Å². The number of hydrogen-bond donors (Lipinski definition) is 0. The van der Waals surface area contributed by atoms with E-state index in [2.05, 4.69) is 45.1 Å². The molecule has 0 spiro atoms. The van der Waals surface area contributed by atoms with Gasteiger partial charge in [-0.15, -0.1) is 0 Å². The van der Waals surface area contributed by atoms with Crippen LogP contribution >= 0.6 is 0 Å². The van der Waals surface area contributed by atoms with Gasteiger partial charge in [-0.1, -0.05) is 295 Å². The Morgan fingerprint density at radius 2 is 0.458 bits per heavy atom. The fourth-order valence-electron chi connectivity index (χ4n) is 9.79. The Morgan fingerprint density at radius 3 is 0.694 bits per heavy atom. The third-order valence-electron chi connectivity index (χ3n) is 14.7. The molecule has 0 fully saturated rings. The summed E-state index contributed by atoms with van der Waals surface area (Å²) in [5.41, 5.74) is 0. The van der Waals surface area contributed by atoms with Crippen LogP contribution in [0, 0.1) is 0 Å². The molecule has 72 heavy (non-hydrogen) atoms. The van der Waals surface area contributed by atoms with Crippen LogP contribution in [0.1, 0.15) is 361 Å². The second kappa shape index (κ2) is 61.4. The zero-order valence-electron chi connectivity index (χ0n) is 48.7. The molecule has 0 aromatic heterocycles. The molecule has 1 unspecified atom stereocenters. The van der Waals surface area contributed by atoms with Crippen molar-refractivity contribution in [1.29, 1.82) is 0 Å². The van der Waals surface area contributed by atoms with Crippen LogP contribution in [0.4, 0.5) is 0 Å². The summed E-state index contributed by atoms with van der Waals surface area (Å²) in [5.74, 6) is -0.852. The Kier molecular flexibility index (Phi) is 59.6. The van der Waals surface area contributed by atoms with Crippen molar-refractivity contribution < 1.29 is 28.6 Å². The number of ether oxygens (including phenoxy) is 3. The van der Waals surface area contributed by atoms with Gasteiger partial charge in [-0.05, 0) is 70.6 Å². The van der Waals surface area contributed by atoms with E-state index in [1.54, 1.807) is 0 Å². The van der Waals surface area contributed by atoms with Crippen LogP contribution in [0.5, 0.6) is 0 Å². The Bertz CT molecular complexity index is 1160. The normalized spacial score (nSPS) is 12.1. The zero-order valence-corrected chi connectivity index (χ0v) is 48.7. The van der Waals surface area contributed by atoms with Crippen molar-refractivity contribution in [2.24, 2.45) is 0 Å². The van der Waals surface area contributed by atoms with Crippen LogP contribution in [-0.4, -0.2) is 37.2 Å². The quantitative estimate of drug-likeness (QED) is 0.0261. The van der Waals surface area contributed by atoms with Crippen LogP contribution < -0.4 is 0 Å². The summed E-state index contributed by atoms with van der Waals surface area (Å²) in [6, 6.07) is 0. The van der Waals surface area contributed by atoms with Gasteiger partial charge < -0.3 is 14.2 Å². The topological polar surface area (TPSA) is 78.9 Å². The van der Waals surface area contributed by atoms with Crippen molar-refractivity contribution in [1.82, 2.24) is 0 Å². The summed E-state index contributed by atoms with van der Waals surface area (Å²) in [4.78, 5) is 38.3. The monoisotopic (exact) mass is 1010 g/mol. The van der Waals surface area contributed by atoms with Crippen LogP contribution in [-0.2, 0) is 28.6 Å². The summed E-state index contributed by atoms with van der Waals surface area (Å²) in [7, 11) is 0. The molecular formula is C66H124O6. The van der Waals surface area contributed by atoms with Crippen LogP contribution in [0.15, 0.2) is 24.3 Å². The number of carbonyl (C=O) groups excluding carboxylic acids is 3. The molecule has 0 aromatic rings. The minimum atomic E-state index is -0.771. The molecular weight excluding hydrogens is 889 g/mol. The summed E-state index contributed by atoms with van der Waals surface area (Å²) in [6.45, 7) is 6.69. The summed E-state index contributed by atoms with van der Waals surface area (Å²) in [5, 5.41) is 0. The van der Waals surface area contributed by atoms with Gasteiger partial charge in [-0.25, -0.2) is 0 Å². The smallest absolute Gasteiger partial charge is 0.306 e. The first-order valence-electron chi connectivity index (χ1n) is 32.3. The summed E-state index contributed by atoms with van der Waals surface area (Å²) < 4.78 is 16.9. The predicted molar refractivity (Wildman–Crippen MR) is 312 cm³/mol. The molecule has 424 valence electrons. The standard InChI is InChI=1S/C66H124O6/c1-4-7-10-13-16-19-22-25-28-29-30-31-32-33-34-35-36-37-39-41-44-47-50-53-56-59-65(68)71-62-63(61-70-64(67)58-55-52-49-46-43-40-27-24-21-18-15-12-9-6-3)72-66(69)60-57-54-51-48-45-42-38-26-23-20-17-14-11-8-5-2/h24,27,29-30,63H,4-23,25-26,28,31-62H2,1-3H3/b27-24-,30-29-. The molecule has 0 aliphatic rings. The van der Waals surface area contributed by atoms with E-state index in [0.717, 1.165) is 64.2 Å². The maximum Gasteiger partial charge on any atom is 0.306 e. The lowest BCUT2D eigenvalue weighted by Gasteiger charge is -2.18. The van der Waals surface area contributed by atoms with Crippen LogP contribution in [0.25, 0.3) is 0 Å². The number of unbranched alkanes of at least 4 members (excludes halogenated alkanes) is 45. The van der Waals surface area contributed by atoms with Crippen molar-refractivity contribution in [2.75, 3.05) is 13.2 Å². The van der Waals surface area contributed by atoms with Gasteiger partial charge in [0.1, 0.15) is 13.2 Å². The van der Waals surface area contributed by atoms with Gasteiger partial charge in [0, 0.05) is 19.3 Å². The van der Waals surface area contributed by atoms with E-state index in [-0.39, 0.29) is 31.1 Å². The fraction of sp³-hybridized carbons (Fsp3) is 0.894. The van der Waals surface area contributed by atoms with Gasteiger partial charge in [0.05, 0.1) is 0 Å². The maximum atomic E-state index is 12.9. The van der Waals surface area contributed by atoms with Crippen molar-refractivity contribution in [3.63, 3.8) is 0 Å². The minimum Gasteiger partial charge on any atom is -0.462 e. The molecule has 6 nitrogen and oxygen atoms in total. The lowest BCUT2D eigenvalue weighted by molar-refractivity contribution is -0.167. The van der Waals surface area contributed by atoms with Gasteiger partial charge in [0.2, 0.25) is 0 Å². The van der Waals surface area contributed by atoms with Crippen LogP contribution in [0.2, 0.25) is 0 Å². The van der Waals surface area contributed by atoms with E-state index in [1.165, 1.54) is 257 Å². The molecule has 0 heterocycles. The van der Waals surface area contributed by atoms with Gasteiger partial charge in [0.25, 0.3) is 0 Å². The van der Waals surface area contributed by atoms with E-state index in [4.69, 9.17) is 14.2 Å². The average Bonchev–Trinajstić information content (AvgIpc) is 3.38. The number of rotatable bonds is 60. The summed E-state index contributed by atoms with van der Waals surface area (Å²) in [6.07, 6.45) is 73.3. The molecule has 0 radical (unpaired) electrons. The Labute approximate surface area is 449 Å². The zero-order chi connectivity index (χ0) is 52.2. The lowest BCUT2D eigenvalue weighted by Crippen LogP contribution is -2.30. The van der Waals surface area contributed by atoms with Crippen molar-refractivity contribution in [2.45, 2.75) is 367 Å². The molecule has 0 aliphatic carbocycles. The highest BCUT2D eigenvalue weighted by atomic mass is 16.6. The average molecular weight is 1010 g/mol. The molecule has 6 heteroatoms. The molecule has 0 N–H and O–H groups in total. The second-order valence-corrected chi connectivity index (χ2v) is 22.0. The third kappa shape index (κ3) is 58.8. The van der Waals surface area contributed by atoms with E-state index >= 15 is 0 Å². The van der Waals surface area contributed by atoms with Crippen LogP contribution in [0.3, 0.4) is 0 Å². The molecule has 0 aliphatic heterocycles. The summed E-state index contributed by atoms with van der Waals surface area (Å²) >= 11 is 0. The number of esters is 3. The lowest BCUT2D eigenvalue weighted by atomic mass is 10.0. The molecule has 1 atom stereocenters. The molecule has 0 amide bonds. The van der Waals surface area contributed by atoms with Crippen molar-refractivity contribution in [3.05, 3.63) is 24.3 Å². The minimum absolute atomic E-state index is 0.0687. The highest BCUT2D eigenvalue weighted by molar-refractivity contribution is 5.71. The van der Waals surface area contributed by atoms with Crippen molar-refractivity contribution >= 4 is 17.9 Å². The Morgan fingerprint density at radius 1 is 0.264 bits per heavy atom. The number of hydrogen-bond acceptors (Lipinski definition) is 6. The first kappa shape index (κ1) is 69.9. The van der Waals surface area contributed by atoms with E-state index in [0.29, 0.717) is 19.3 Å². The van der Waals surface area contributed by atoms with E-state index in [1.807, 2.05) is 0 Å². The van der Waals surface area contributed by atoms with Crippen molar-refractivity contribution in [3.8, 4) is 0 Å². The fourth-order valence-corrected chi connectivity index (χ4v) is 9.79. The third-order valence-corrected chi connectivity index (χ3v) is 14.7. The second-order valence-electron chi connectivity index (χ2n) is 22.0. The molecule has 0 aromatic carbocycles. The molecule has 0 bridgehead atoms. The maximum absolute atomic E-state index is 12.9. The Hall–Kier alpha value is -2.11.